The lowest BCUT2D eigenvalue weighted by Crippen LogP contribution is -2.33. The molecule has 2 N–H and O–H groups in total. The molecular weight excluding hydrogens is 288 g/mol. The number of carbonyl (C=O) groups is 1. The molecule has 0 saturated carbocycles. The van der Waals surface area contributed by atoms with Gasteiger partial charge >= 0.3 is 0 Å². The predicted octanol–water partition coefficient (Wildman–Crippen LogP) is 3.10. The zero-order valence-corrected chi connectivity index (χ0v) is 13.5. The minimum absolute atomic E-state index is 0.0681. The molecule has 116 valence electrons. The number of thiocarbonyl (C=S) groups is 1. The van der Waals surface area contributed by atoms with Crippen LogP contribution in [0, 0.1) is 0 Å². The number of hydrogen-bond acceptors (Lipinski definition) is 4. The molecule has 0 aliphatic rings. The van der Waals surface area contributed by atoms with Gasteiger partial charge in [0.05, 0.1) is 14.2 Å². The van der Waals surface area contributed by atoms with Gasteiger partial charge in [0, 0.05) is 18.2 Å². The molecule has 0 aliphatic heterocycles. The Labute approximate surface area is 131 Å². The van der Waals surface area contributed by atoms with Gasteiger partial charge in [-0.25, -0.2) is 0 Å². The Bertz CT molecular complexity index is 492. The maximum absolute atomic E-state index is 11.7. The number of anilines is 1. The van der Waals surface area contributed by atoms with Crippen LogP contribution in [-0.2, 0) is 4.79 Å². The number of ether oxygens (including phenoxy) is 2. The second kappa shape index (κ2) is 9.18. The van der Waals surface area contributed by atoms with E-state index in [2.05, 4.69) is 17.6 Å². The van der Waals surface area contributed by atoms with E-state index in [0.29, 0.717) is 17.9 Å². The molecule has 0 fully saturated rings. The predicted molar refractivity (Wildman–Crippen MR) is 88.1 cm³/mol. The number of amides is 1. The largest absolute Gasteiger partial charge is 0.493 e. The lowest BCUT2D eigenvalue weighted by molar-refractivity contribution is -0.119. The molecule has 1 aromatic carbocycles. The summed E-state index contributed by atoms with van der Waals surface area (Å²) in [6, 6.07) is 5.33. The molecule has 1 aromatic rings. The highest BCUT2D eigenvalue weighted by atomic mass is 32.1. The van der Waals surface area contributed by atoms with Gasteiger partial charge in [0.2, 0.25) is 5.91 Å². The van der Waals surface area contributed by atoms with E-state index in [1.54, 1.807) is 32.4 Å². The second-order valence-corrected chi connectivity index (χ2v) is 4.94. The van der Waals surface area contributed by atoms with E-state index in [4.69, 9.17) is 21.7 Å². The number of nitrogens with one attached hydrogen (secondary N) is 2. The van der Waals surface area contributed by atoms with Crippen LogP contribution in [0.5, 0.6) is 11.5 Å². The SMILES string of the molecule is CCCCCC(=O)NC(=S)Nc1ccc(OC)c(OC)c1. The molecule has 0 aliphatic carbocycles. The monoisotopic (exact) mass is 310 g/mol. The van der Waals surface area contributed by atoms with Crippen LogP contribution < -0.4 is 20.1 Å². The van der Waals surface area contributed by atoms with Crippen LogP contribution in [0.1, 0.15) is 32.6 Å². The standard InChI is InChI=1S/C15H22N2O3S/c1-4-5-6-7-14(18)17-15(21)16-11-8-9-12(19-2)13(10-11)20-3/h8-10H,4-7H2,1-3H3,(H2,16,17,18,21). The first kappa shape index (κ1) is 17.2. The van der Waals surface area contributed by atoms with Gasteiger partial charge in [0.25, 0.3) is 0 Å². The third kappa shape index (κ3) is 5.99. The zero-order valence-electron chi connectivity index (χ0n) is 12.7. The molecule has 0 spiro atoms. The van der Waals surface area contributed by atoms with E-state index >= 15 is 0 Å². The third-order valence-corrected chi connectivity index (χ3v) is 3.11. The van der Waals surface area contributed by atoms with Gasteiger partial charge in [-0.05, 0) is 30.8 Å². The van der Waals surface area contributed by atoms with Crippen LogP contribution >= 0.6 is 12.2 Å². The number of benzene rings is 1. The lowest BCUT2D eigenvalue weighted by atomic mass is 10.2. The summed E-state index contributed by atoms with van der Waals surface area (Å²) in [6.07, 6.45) is 3.49. The number of rotatable bonds is 7. The molecule has 0 atom stereocenters. The quantitative estimate of drug-likeness (QED) is 0.598. The van der Waals surface area contributed by atoms with Crippen LogP contribution in [0.4, 0.5) is 5.69 Å². The normalized spacial score (nSPS) is 9.86. The summed E-state index contributed by atoms with van der Waals surface area (Å²) in [5, 5.41) is 5.90. The van der Waals surface area contributed by atoms with Crippen LogP contribution in [0.25, 0.3) is 0 Å². The van der Waals surface area contributed by atoms with Crippen molar-refractivity contribution in [2.24, 2.45) is 0 Å². The molecule has 0 radical (unpaired) electrons. The van der Waals surface area contributed by atoms with E-state index in [0.717, 1.165) is 24.9 Å². The maximum Gasteiger partial charge on any atom is 0.226 e. The molecule has 0 saturated heterocycles. The van der Waals surface area contributed by atoms with Gasteiger partial charge in [-0.2, -0.15) is 0 Å². The minimum atomic E-state index is -0.0681. The van der Waals surface area contributed by atoms with Gasteiger partial charge in [-0.15, -0.1) is 0 Å². The average Bonchev–Trinajstić information content (AvgIpc) is 2.47. The van der Waals surface area contributed by atoms with Crippen LogP contribution in [-0.4, -0.2) is 25.2 Å². The molecule has 1 rings (SSSR count). The van der Waals surface area contributed by atoms with Crippen molar-refractivity contribution >= 4 is 28.9 Å². The highest BCUT2D eigenvalue weighted by molar-refractivity contribution is 7.80. The number of hydrogen-bond donors (Lipinski definition) is 2. The number of methoxy groups -OCH3 is 2. The fourth-order valence-corrected chi connectivity index (χ4v) is 2.03. The fraction of sp³-hybridized carbons (Fsp3) is 0.467. The van der Waals surface area contributed by atoms with Crippen molar-refractivity contribution in [3.63, 3.8) is 0 Å². The number of unbranched alkanes of at least 4 members (excludes halogenated alkanes) is 2. The lowest BCUT2D eigenvalue weighted by Gasteiger charge is -2.12. The molecule has 1 amide bonds. The summed E-state index contributed by atoms with van der Waals surface area (Å²) in [7, 11) is 3.14. The maximum atomic E-state index is 11.7. The average molecular weight is 310 g/mol. The minimum Gasteiger partial charge on any atom is -0.493 e. The molecule has 0 unspecified atom stereocenters. The van der Waals surface area contributed by atoms with E-state index in [1.165, 1.54) is 0 Å². The van der Waals surface area contributed by atoms with E-state index in [9.17, 15) is 4.79 Å². The Kier molecular flexibility index (Phi) is 7.53. The van der Waals surface area contributed by atoms with Gasteiger partial charge in [0.1, 0.15) is 0 Å². The van der Waals surface area contributed by atoms with E-state index in [1.807, 2.05) is 0 Å². The summed E-state index contributed by atoms with van der Waals surface area (Å²) in [5.41, 5.74) is 0.728. The Balaban J connectivity index is 2.53. The first-order valence-corrected chi connectivity index (χ1v) is 7.34. The third-order valence-electron chi connectivity index (χ3n) is 2.90. The van der Waals surface area contributed by atoms with Gasteiger partial charge in [-0.1, -0.05) is 19.8 Å². The van der Waals surface area contributed by atoms with Crippen molar-refractivity contribution in [2.75, 3.05) is 19.5 Å². The van der Waals surface area contributed by atoms with Gasteiger partial charge < -0.3 is 20.1 Å². The van der Waals surface area contributed by atoms with Crippen LogP contribution in [0.15, 0.2) is 18.2 Å². The van der Waals surface area contributed by atoms with E-state index < -0.39 is 0 Å². The molecule has 0 heterocycles. The van der Waals surface area contributed by atoms with Crippen molar-refractivity contribution in [1.29, 1.82) is 0 Å². The molecule has 6 heteroatoms. The van der Waals surface area contributed by atoms with E-state index in [-0.39, 0.29) is 11.0 Å². The molecule has 21 heavy (non-hydrogen) atoms. The first-order valence-electron chi connectivity index (χ1n) is 6.93. The highest BCUT2D eigenvalue weighted by Gasteiger charge is 2.07. The Morgan fingerprint density at radius 1 is 1.19 bits per heavy atom. The fourth-order valence-electron chi connectivity index (χ4n) is 1.80. The Hall–Kier alpha value is -1.82. The molecule has 0 bridgehead atoms. The summed E-state index contributed by atoms with van der Waals surface area (Å²) in [4.78, 5) is 11.7. The number of carbonyl (C=O) groups excluding carboxylic acids is 1. The van der Waals surface area contributed by atoms with Crippen molar-refractivity contribution in [3.05, 3.63) is 18.2 Å². The summed E-state index contributed by atoms with van der Waals surface area (Å²) < 4.78 is 10.4. The van der Waals surface area contributed by atoms with Crippen molar-refractivity contribution in [3.8, 4) is 11.5 Å². The second-order valence-electron chi connectivity index (χ2n) is 4.53. The highest BCUT2D eigenvalue weighted by Crippen LogP contribution is 2.29. The van der Waals surface area contributed by atoms with Crippen molar-refractivity contribution < 1.29 is 14.3 Å². The molecule has 0 aromatic heterocycles. The zero-order chi connectivity index (χ0) is 15.7. The van der Waals surface area contributed by atoms with Crippen molar-refractivity contribution in [2.45, 2.75) is 32.6 Å². The Morgan fingerprint density at radius 2 is 1.90 bits per heavy atom. The summed E-state index contributed by atoms with van der Waals surface area (Å²) in [6.45, 7) is 2.10. The van der Waals surface area contributed by atoms with Gasteiger partial charge in [0.15, 0.2) is 16.6 Å². The first-order chi connectivity index (χ1) is 10.1. The molecular formula is C15H22N2O3S. The smallest absolute Gasteiger partial charge is 0.226 e. The Morgan fingerprint density at radius 3 is 2.52 bits per heavy atom. The topological polar surface area (TPSA) is 59.6 Å². The summed E-state index contributed by atoms with van der Waals surface area (Å²) >= 11 is 5.12. The van der Waals surface area contributed by atoms with Gasteiger partial charge in [-0.3, -0.25) is 4.79 Å². The van der Waals surface area contributed by atoms with Crippen molar-refractivity contribution in [1.82, 2.24) is 5.32 Å². The summed E-state index contributed by atoms with van der Waals surface area (Å²) in [5.74, 6) is 1.17. The van der Waals surface area contributed by atoms with Crippen LogP contribution in [0.2, 0.25) is 0 Å². The van der Waals surface area contributed by atoms with Crippen LogP contribution in [0.3, 0.4) is 0 Å². The molecule has 5 nitrogen and oxygen atoms in total.